The molecule has 48 valence electrons. The minimum atomic E-state index is -0.679. The number of halogens is 4. The molecule has 0 fully saturated rings. The highest BCUT2D eigenvalue weighted by atomic mass is 35.5. The Morgan fingerprint density at radius 3 is 1.62 bits per heavy atom. The zero-order valence-electron chi connectivity index (χ0n) is 3.87. The summed E-state index contributed by atoms with van der Waals surface area (Å²) in [5, 5.41) is -0.290. The second kappa shape index (κ2) is 3.84. The summed E-state index contributed by atoms with van der Waals surface area (Å²) in [7, 11) is 0. The van der Waals surface area contributed by atoms with E-state index in [1.165, 1.54) is 0 Å². The molecule has 0 amide bonds. The van der Waals surface area contributed by atoms with Gasteiger partial charge in [0.1, 0.15) is 4.84 Å². The van der Waals surface area contributed by atoms with Crippen molar-refractivity contribution in [2.24, 2.45) is 0 Å². The smallest absolute Gasteiger partial charge is 0.114 e. The average molecular weight is 194 g/mol. The number of rotatable bonds is 2. The Morgan fingerprint density at radius 1 is 1.25 bits per heavy atom. The van der Waals surface area contributed by atoms with Gasteiger partial charge in [0.2, 0.25) is 0 Å². The molecule has 0 bridgehead atoms. The van der Waals surface area contributed by atoms with Crippen molar-refractivity contribution in [3.63, 3.8) is 0 Å². The van der Waals surface area contributed by atoms with Gasteiger partial charge in [0.15, 0.2) is 0 Å². The van der Waals surface area contributed by atoms with Crippen molar-refractivity contribution in [3.8, 4) is 0 Å². The maximum absolute atomic E-state index is 5.46. The number of hydrogen-bond donors (Lipinski definition) is 0. The summed E-state index contributed by atoms with van der Waals surface area (Å²) >= 11 is 21.4. The summed E-state index contributed by atoms with van der Waals surface area (Å²) < 4.78 is 0. The summed E-state index contributed by atoms with van der Waals surface area (Å²) in [4.78, 5) is -0.679. The molecule has 0 radical (unpaired) electrons. The van der Waals surface area contributed by atoms with E-state index in [4.69, 9.17) is 46.4 Å². The van der Waals surface area contributed by atoms with Crippen LogP contribution in [0.4, 0.5) is 0 Å². The number of alkyl halides is 3. The summed E-state index contributed by atoms with van der Waals surface area (Å²) in [6, 6.07) is 0. The van der Waals surface area contributed by atoms with Crippen LogP contribution in [0.1, 0.15) is 0 Å². The van der Waals surface area contributed by atoms with Gasteiger partial charge in [-0.3, -0.25) is 0 Å². The molecule has 0 aromatic carbocycles. The third-order valence-electron chi connectivity index (χ3n) is 0.520. The average Bonchev–Trinajstić information content (AvgIpc) is 1.64. The molecule has 0 aliphatic heterocycles. The van der Waals surface area contributed by atoms with E-state index in [-0.39, 0.29) is 5.03 Å². The van der Waals surface area contributed by atoms with Crippen LogP contribution >= 0.6 is 46.4 Å². The van der Waals surface area contributed by atoms with Gasteiger partial charge in [-0.1, -0.05) is 18.2 Å². The molecule has 0 aromatic heterocycles. The first kappa shape index (κ1) is 8.90. The summed E-state index contributed by atoms with van der Waals surface area (Å²) in [5.74, 6) is 0. The van der Waals surface area contributed by atoms with Crippen molar-refractivity contribution in [1.82, 2.24) is 0 Å². The van der Waals surface area contributed by atoms with E-state index >= 15 is 0 Å². The first-order valence-corrected chi connectivity index (χ1v) is 3.51. The Hall–Kier alpha value is 0.900. The van der Waals surface area contributed by atoms with Crippen LogP contribution in [0.2, 0.25) is 0 Å². The fraction of sp³-hybridized carbons (Fsp3) is 0.500. The minimum Gasteiger partial charge on any atom is -0.114 e. The largest absolute Gasteiger partial charge is 0.129 e. The van der Waals surface area contributed by atoms with Crippen LogP contribution in [0.5, 0.6) is 0 Å². The molecule has 1 atom stereocenters. The lowest BCUT2D eigenvalue weighted by Gasteiger charge is -2.05. The van der Waals surface area contributed by atoms with Crippen molar-refractivity contribution in [3.05, 3.63) is 11.6 Å². The van der Waals surface area contributed by atoms with Crippen molar-refractivity contribution in [1.29, 1.82) is 0 Å². The molecular weight excluding hydrogens is 190 g/mol. The lowest BCUT2D eigenvalue weighted by Crippen LogP contribution is -2.06. The fourth-order valence-electron chi connectivity index (χ4n) is 0.137. The maximum Gasteiger partial charge on any atom is 0.129 e. The second-order valence-electron chi connectivity index (χ2n) is 1.18. The first-order chi connectivity index (χ1) is 3.55. The second-order valence-corrected chi connectivity index (χ2v) is 3.30. The molecule has 0 rings (SSSR count). The van der Waals surface area contributed by atoms with Crippen molar-refractivity contribution in [2.75, 3.05) is 0 Å². The van der Waals surface area contributed by atoms with Gasteiger partial charge < -0.3 is 0 Å². The van der Waals surface area contributed by atoms with E-state index in [0.29, 0.717) is 0 Å². The quantitative estimate of drug-likeness (QED) is 0.592. The normalized spacial score (nSPS) is 14.1. The van der Waals surface area contributed by atoms with Crippen LogP contribution in [0.3, 0.4) is 0 Å². The SMILES string of the molecule is C=C(Cl)C(Cl)C(Cl)Cl. The molecule has 0 heterocycles. The Labute approximate surface area is 68.4 Å². The molecule has 8 heavy (non-hydrogen) atoms. The Kier molecular flexibility index (Phi) is 4.27. The van der Waals surface area contributed by atoms with Crippen LogP contribution in [-0.4, -0.2) is 10.2 Å². The zero-order valence-corrected chi connectivity index (χ0v) is 6.90. The van der Waals surface area contributed by atoms with Gasteiger partial charge in [-0.2, -0.15) is 0 Å². The van der Waals surface area contributed by atoms with Gasteiger partial charge in [0.25, 0.3) is 0 Å². The van der Waals surface area contributed by atoms with Gasteiger partial charge in [0.05, 0.1) is 5.38 Å². The monoisotopic (exact) mass is 192 g/mol. The topological polar surface area (TPSA) is 0 Å². The Balaban J connectivity index is 3.64. The van der Waals surface area contributed by atoms with E-state index < -0.39 is 10.2 Å². The Morgan fingerprint density at radius 2 is 1.62 bits per heavy atom. The van der Waals surface area contributed by atoms with E-state index in [9.17, 15) is 0 Å². The van der Waals surface area contributed by atoms with Crippen molar-refractivity contribution < 1.29 is 0 Å². The molecule has 0 saturated heterocycles. The molecule has 1 unspecified atom stereocenters. The molecule has 4 heteroatoms. The third-order valence-corrected chi connectivity index (χ3v) is 2.14. The highest BCUT2D eigenvalue weighted by molar-refractivity contribution is 6.51. The van der Waals surface area contributed by atoms with E-state index in [1.807, 2.05) is 0 Å². The third kappa shape index (κ3) is 3.03. The molecule has 0 saturated carbocycles. The molecule has 0 nitrogen and oxygen atoms in total. The molecular formula is C4H4Cl4. The minimum absolute atomic E-state index is 0.265. The molecule has 0 aromatic rings. The van der Waals surface area contributed by atoms with Crippen LogP contribution in [-0.2, 0) is 0 Å². The fourth-order valence-corrected chi connectivity index (χ4v) is 0.696. The van der Waals surface area contributed by atoms with Gasteiger partial charge in [0, 0.05) is 5.03 Å². The molecule has 0 N–H and O–H groups in total. The lowest BCUT2D eigenvalue weighted by atomic mass is 10.5. The van der Waals surface area contributed by atoms with Gasteiger partial charge in [-0.05, 0) is 0 Å². The van der Waals surface area contributed by atoms with Crippen LogP contribution < -0.4 is 0 Å². The van der Waals surface area contributed by atoms with Crippen LogP contribution in [0.15, 0.2) is 11.6 Å². The van der Waals surface area contributed by atoms with E-state index in [1.54, 1.807) is 0 Å². The predicted octanol–water partition coefficient (Wildman–Crippen LogP) is 3.15. The highest BCUT2D eigenvalue weighted by Gasteiger charge is 2.14. The predicted molar refractivity (Wildman–Crippen MR) is 40.1 cm³/mol. The molecule has 0 aliphatic rings. The van der Waals surface area contributed by atoms with Crippen LogP contribution in [0.25, 0.3) is 0 Å². The lowest BCUT2D eigenvalue weighted by molar-refractivity contribution is 1.15. The molecule has 0 aliphatic carbocycles. The summed E-state index contributed by atoms with van der Waals surface area (Å²) in [6.45, 7) is 3.34. The highest BCUT2D eigenvalue weighted by Crippen LogP contribution is 2.22. The standard InChI is InChI=1S/C4H4Cl4/c1-2(5)3(6)4(7)8/h3-4H,1H2. The number of allylic oxidation sites excluding steroid dienone is 1. The number of hydrogen-bond acceptors (Lipinski definition) is 0. The summed E-state index contributed by atoms with van der Waals surface area (Å²) in [6.07, 6.45) is 0. The molecule has 0 spiro atoms. The summed E-state index contributed by atoms with van der Waals surface area (Å²) in [5.41, 5.74) is 0. The van der Waals surface area contributed by atoms with E-state index in [0.717, 1.165) is 0 Å². The Bertz CT molecular complexity index is 88.0. The van der Waals surface area contributed by atoms with Crippen molar-refractivity contribution in [2.45, 2.75) is 10.2 Å². The van der Waals surface area contributed by atoms with Gasteiger partial charge in [-0.25, -0.2) is 0 Å². The van der Waals surface area contributed by atoms with Gasteiger partial charge in [-0.15, -0.1) is 34.8 Å². The van der Waals surface area contributed by atoms with Crippen molar-refractivity contribution >= 4 is 46.4 Å². The first-order valence-electron chi connectivity index (χ1n) is 1.82. The van der Waals surface area contributed by atoms with E-state index in [2.05, 4.69) is 6.58 Å². The van der Waals surface area contributed by atoms with Gasteiger partial charge >= 0.3 is 0 Å². The zero-order chi connectivity index (χ0) is 6.73. The van der Waals surface area contributed by atoms with Crippen LogP contribution in [0, 0.1) is 0 Å². The maximum atomic E-state index is 5.46.